The van der Waals surface area contributed by atoms with Crippen LogP contribution in [0.5, 0.6) is 11.5 Å². The Morgan fingerprint density at radius 1 is 1.03 bits per heavy atom. The van der Waals surface area contributed by atoms with Crippen LogP contribution in [0.25, 0.3) is 0 Å². The fourth-order valence-corrected chi connectivity index (χ4v) is 2.51. The lowest BCUT2D eigenvalue weighted by atomic mass is 10.1. The Kier molecular flexibility index (Phi) is 6.03. The van der Waals surface area contributed by atoms with Crippen molar-refractivity contribution in [3.63, 3.8) is 0 Å². The van der Waals surface area contributed by atoms with Gasteiger partial charge in [-0.15, -0.1) is 0 Å². The van der Waals surface area contributed by atoms with Crippen LogP contribution >= 0.6 is 0 Å². The van der Waals surface area contributed by atoms with E-state index in [4.69, 9.17) is 14.6 Å². The predicted molar refractivity (Wildman–Crippen MR) is 103 cm³/mol. The van der Waals surface area contributed by atoms with E-state index in [1.165, 1.54) is 31.4 Å². The third-order valence-corrected chi connectivity index (χ3v) is 4.03. The number of carbonyl (C=O) groups is 2. The number of ether oxygens (including phenoxy) is 2. The number of carboxylic acid groups (broad SMARTS) is 1. The largest absolute Gasteiger partial charge is 0.493 e. The van der Waals surface area contributed by atoms with Crippen molar-refractivity contribution in [1.29, 1.82) is 0 Å². The van der Waals surface area contributed by atoms with E-state index in [-0.39, 0.29) is 16.8 Å². The summed E-state index contributed by atoms with van der Waals surface area (Å²) in [4.78, 5) is 27.3. The molecule has 7 nitrogen and oxygen atoms in total. The van der Waals surface area contributed by atoms with Gasteiger partial charge in [-0.1, -0.05) is 0 Å². The van der Waals surface area contributed by atoms with Gasteiger partial charge in [0, 0.05) is 18.0 Å². The van der Waals surface area contributed by atoms with Gasteiger partial charge in [0.15, 0.2) is 11.5 Å². The van der Waals surface area contributed by atoms with Crippen LogP contribution in [-0.2, 0) is 6.61 Å². The van der Waals surface area contributed by atoms with E-state index >= 15 is 0 Å². The van der Waals surface area contributed by atoms with E-state index in [0.717, 1.165) is 11.6 Å². The van der Waals surface area contributed by atoms with Crippen molar-refractivity contribution in [2.75, 3.05) is 12.4 Å². The molecule has 0 aliphatic carbocycles. The minimum absolute atomic E-state index is 0.128. The molecule has 3 rings (SSSR count). The summed E-state index contributed by atoms with van der Waals surface area (Å²) in [7, 11) is 1.45. The average Bonchev–Trinajstić information content (AvgIpc) is 2.74. The number of anilines is 1. The van der Waals surface area contributed by atoms with Gasteiger partial charge >= 0.3 is 5.97 Å². The maximum Gasteiger partial charge on any atom is 0.335 e. The number of aromatic nitrogens is 1. The normalized spacial score (nSPS) is 10.3. The van der Waals surface area contributed by atoms with Crippen molar-refractivity contribution in [3.05, 3.63) is 83.4 Å². The molecule has 0 saturated carbocycles. The molecule has 0 aliphatic rings. The quantitative estimate of drug-likeness (QED) is 0.631. The number of rotatable bonds is 7. The van der Waals surface area contributed by atoms with Crippen molar-refractivity contribution < 1.29 is 28.6 Å². The highest BCUT2D eigenvalue weighted by molar-refractivity contribution is 6.05. The number of pyridine rings is 1. The fraction of sp³-hybridized carbons (Fsp3) is 0.0952. The van der Waals surface area contributed by atoms with Crippen molar-refractivity contribution in [2.24, 2.45) is 0 Å². The van der Waals surface area contributed by atoms with Gasteiger partial charge < -0.3 is 19.9 Å². The molecule has 148 valence electrons. The number of benzene rings is 2. The minimum atomic E-state index is -1.26. The van der Waals surface area contributed by atoms with Gasteiger partial charge in [-0.3, -0.25) is 9.78 Å². The van der Waals surface area contributed by atoms with Crippen LogP contribution in [-0.4, -0.2) is 29.1 Å². The molecule has 29 heavy (non-hydrogen) atoms. The van der Waals surface area contributed by atoms with Crippen LogP contribution in [0.3, 0.4) is 0 Å². The summed E-state index contributed by atoms with van der Waals surface area (Å²) in [6.45, 7) is 0.297. The van der Waals surface area contributed by atoms with Crippen molar-refractivity contribution in [2.45, 2.75) is 6.61 Å². The van der Waals surface area contributed by atoms with Crippen LogP contribution < -0.4 is 14.8 Å². The molecule has 0 saturated heterocycles. The van der Waals surface area contributed by atoms with Gasteiger partial charge in [-0.2, -0.15) is 0 Å². The van der Waals surface area contributed by atoms with Gasteiger partial charge in [0.25, 0.3) is 5.91 Å². The molecule has 1 amide bonds. The lowest BCUT2D eigenvalue weighted by molar-refractivity contribution is 0.0696. The molecule has 1 aromatic heterocycles. The second-order valence-electron chi connectivity index (χ2n) is 5.96. The summed E-state index contributed by atoms with van der Waals surface area (Å²) in [5.41, 5.74) is 0.804. The molecule has 0 aliphatic heterocycles. The number of nitrogens with zero attached hydrogens (tertiary/aromatic N) is 1. The van der Waals surface area contributed by atoms with E-state index < -0.39 is 17.7 Å². The summed E-state index contributed by atoms with van der Waals surface area (Å²) in [5.74, 6) is -1.89. The fourth-order valence-electron chi connectivity index (χ4n) is 2.51. The first-order valence-corrected chi connectivity index (χ1v) is 8.52. The molecule has 3 aromatic rings. The number of hydrogen-bond acceptors (Lipinski definition) is 5. The number of aromatic carboxylic acids is 1. The highest BCUT2D eigenvalue weighted by Crippen LogP contribution is 2.29. The lowest BCUT2D eigenvalue weighted by Crippen LogP contribution is -2.13. The van der Waals surface area contributed by atoms with Crippen LogP contribution in [0.4, 0.5) is 10.1 Å². The molecule has 2 aromatic carbocycles. The summed E-state index contributed by atoms with van der Waals surface area (Å²) < 4.78 is 25.0. The highest BCUT2D eigenvalue weighted by atomic mass is 19.1. The second-order valence-corrected chi connectivity index (χ2v) is 5.96. The van der Waals surface area contributed by atoms with Crippen molar-refractivity contribution in [1.82, 2.24) is 4.98 Å². The molecule has 2 N–H and O–H groups in total. The Morgan fingerprint density at radius 3 is 2.41 bits per heavy atom. The zero-order chi connectivity index (χ0) is 20.8. The number of methoxy groups -OCH3 is 1. The highest BCUT2D eigenvalue weighted by Gasteiger charge is 2.15. The molecule has 0 bridgehead atoms. The topological polar surface area (TPSA) is 97.8 Å². The molecule has 8 heteroatoms. The van der Waals surface area contributed by atoms with Gasteiger partial charge in [0.2, 0.25) is 0 Å². The number of amides is 1. The third-order valence-electron chi connectivity index (χ3n) is 4.03. The Hall–Kier alpha value is -3.94. The van der Waals surface area contributed by atoms with E-state index in [2.05, 4.69) is 10.3 Å². The predicted octanol–water partition coefficient (Wildman–Crippen LogP) is 3.76. The number of halogens is 1. The first kappa shape index (κ1) is 19.8. The molecular formula is C21H17FN2O5. The lowest BCUT2D eigenvalue weighted by Gasteiger charge is -2.13. The summed E-state index contributed by atoms with van der Waals surface area (Å²) >= 11 is 0. The zero-order valence-corrected chi connectivity index (χ0v) is 15.4. The number of nitrogens with one attached hydrogen (secondary N) is 1. The first-order chi connectivity index (χ1) is 14.0. The molecule has 0 fully saturated rings. The second kappa shape index (κ2) is 8.83. The van der Waals surface area contributed by atoms with E-state index in [1.807, 2.05) is 12.1 Å². The maximum atomic E-state index is 14.0. The number of hydrogen-bond donors (Lipinski definition) is 2. The van der Waals surface area contributed by atoms with Gasteiger partial charge in [-0.25, -0.2) is 9.18 Å². The third kappa shape index (κ3) is 4.86. The van der Waals surface area contributed by atoms with Crippen LogP contribution in [0.2, 0.25) is 0 Å². The molecule has 1 heterocycles. The minimum Gasteiger partial charge on any atom is -0.493 e. The number of carboxylic acids is 1. The first-order valence-electron chi connectivity index (χ1n) is 8.52. The molecule has 0 spiro atoms. The SMILES string of the molecule is COc1cc(C(=O)Nc2ccc(C(=O)O)cc2F)ccc1OCc1ccncc1. The summed E-state index contributed by atoms with van der Waals surface area (Å²) in [5, 5.41) is 11.3. The smallest absolute Gasteiger partial charge is 0.335 e. The Morgan fingerprint density at radius 2 is 1.76 bits per heavy atom. The number of carbonyl (C=O) groups excluding carboxylic acids is 1. The van der Waals surface area contributed by atoms with Gasteiger partial charge in [-0.05, 0) is 54.1 Å². The van der Waals surface area contributed by atoms with Gasteiger partial charge in [0.1, 0.15) is 12.4 Å². The molecule has 0 atom stereocenters. The average molecular weight is 396 g/mol. The van der Waals surface area contributed by atoms with Crippen LogP contribution in [0, 0.1) is 5.82 Å². The zero-order valence-electron chi connectivity index (χ0n) is 15.4. The summed E-state index contributed by atoms with van der Waals surface area (Å²) in [6.07, 6.45) is 3.32. The molecule has 0 unspecified atom stereocenters. The van der Waals surface area contributed by atoms with Gasteiger partial charge in [0.05, 0.1) is 18.4 Å². The van der Waals surface area contributed by atoms with Crippen molar-refractivity contribution >= 4 is 17.6 Å². The van der Waals surface area contributed by atoms with E-state index in [9.17, 15) is 14.0 Å². The van der Waals surface area contributed by atoms with Crippen LogP contribution in [0.15, 0.2) is 60.9 Å². The Labute approximate surface area is 165 Å². The monoisotopic (exact) mass is 396 g/mol. The van der Waals surface area contributed by atoms with Crippen molar-refractivity contribution in [3.8, 4) is 11.5 Å². The van der Waals surface area contributed by atoms with E-state index in [0.29, 0.717) is 18.1 Å². The maximum absolute atomic E-state index is 14.0. The van der Waals surface area contributed by atoms with Crippen LogP contribution in [0.1, 0.15) is 26.3 Å². The standard InChI is InChI=1S/C21H17FN2O5/c1-28-19-11-14(3-5-18(19)29-12-13-6-8-23-9-7-13)20(25)24-17-4-2-15(21(26)27)10-16(17)22/h2-11H,12H2,1H3,(H,24,25)(H,26,27). The Bertz CT molecular complexity index is 1040. The molecular weight excluding hydrogens is 379 g/mol. The van der Waals surface area contributed by atoms with E-state index in [1.54, 1.807) is 18.5 Å². The Balaban J connectivity index is 1.73. The molecule has 0 radical (unpaired) electrons. The summed E-state index contributed by atoms with van der Waals surface area (Å²) in [6, 6.07) is 11.5.